The molecule has 1 fully saturated rings. The molecule has 4 nitrogen and oxygen atoms in total. The zero-order chi connectivity index (χ0) is 11.5. The highest BCUT2D eigenvalue weighted by molar-refractivity contribution is 5.72. The predicted molar refractivity (Wildman–Crippen MR) is 50.8 cm³/mol. The lowest BCUT2D eigenvalue weighted by molar-refractivity contribution is -0.138. The third-order valence-electron chi connectivity index (χ3n) is 2.47. The van der Waals surface area contributed by atoms with Gasteiger partial charge in [0.25, 0.3) is 5.92 Å². The molecule has 1 aliphatic heterocycles. The number of rotatable bonds is 6. The molecule has 0 radical (unpaired) electrons. The number of carbonyl (C=O) groups is 1. The number of nitrogens with two attached hydrogens (primary N) is 1. The van der Waals surface area contributed by atoms with Crippen LogP contribution in [0.4, 0.5) is 8.78 Å². The molecule has 0 aromatic carbocycles. The lowest BCUT2D eigenvalue weighted by Crippen LogP contribution is -2.56. The van der Waals surface area contributed by atoms with E-state index < -0.39 is 17.9 Å². The Labute approximate surface area is 87.0 Å². The summed E-state index contributed by atoms with van der Waals surface area (Å²) in [5.74, 6) is -3.53. The summed E-state index contributed by atoms with van der Waals surface area (Å²) in [5, 5.41) is 8.48. The first-order valence-electron chi connectivity index (χ1n) is 4.99. The van der Waals surface area contributed by atoms with Gasteiger partial charge in [-0.25, -0.2) is 8.78 Å². The summed E-state index contributed by atoms with van der Waals surface area (Å²) in [7, 11) is 0. The number of hydrogen-bond donors (Lipinski definition) is 2. The summed E-state index contributed by atoms with van der Waals surface area (Å²) in [6.45, 7) is 0.262. The van der Waals surface area contributed by atoms with Crippen LogP contribution in [0.25, 0.3) is 0 Å². The van der Waals surface area contributed by atoms with Gasteiger partial charge in [-0.15, -0.1) is 0 Å². The molecule has 1 aliphatic rings. The predicted octanol–water partition coefficient (Wildman–Crippen LogP) is 0.520. The van der Waals surface area contributed by atoms with Gasteiger partial charge in [-0.3, -0.25) is 9.69 Å². The first-order chi connectivity index (χ1) is 6.91. The van der Waals surface area contributed by atoms with Crippen molar-refractivity contribution in [3.63, 3.8) is 0 Å². The summed E-state index contributed by atoms with van der Waals surface area (Å²) >= 11 is 0. The number of likely N-dealkylation sites (tertiary alicyclic amines) is 1. The van der Waals surface area contributed by atoms with E-state index in [4.69, 9.17) is 10.8 Å². The van der Waals surface area contributed by atoms with Crippen LogP contribution in [0.2, 0.25) is 0 Å². The number of alkyl halides is 2. The van der Waals surface area contributed by atoms with E-state index in [1.54, 1.807) is 4.90 Å². The van der Waals surface area contributed by atoms with E-state index >= 15 is 0 Å². The molecule has 0 aromatic heterocycles. The molecule has 0 aliphatic carbocycles. The van der Waals surface area contributed by atoms with Crippen LogP contribution >= 0.6 is 0 Å². The van der Waals surface area contributed by atoms with Gasteiger partial charge >= 0.3 is 5.97 Å². The molecular formula is C9H16F2N2O2. The Kier molecular flexibility index (Phi) is 3.98. The maximum absolute atomic E-state index is 12.4. The minimum atomic E-state index is -2.52. The van der Waals surface area contributed by atoms with Crippen molar-refractivity contribution in [1.29, 1.82) is 0 Å². The lowest BCUT2D eigenvalue weighted by atomic mass is 10.1. The van der Waals surface area contributed by atoms with Gasteiger partial charge in [0, 0.05) is 0 Å². The fourth-order valence-electron chi connectivity index (χ4n) is 1.59. The molecule has 0 saturated carbocycles. The quantitative estimate of drug-likeness (QED) is 0.643. The van der Waals surface area contributed by atoms with Gasteiger partial charge in [0.05, 0.1) is 13.1 Å². The third-order valence-corrected chi connectivity index (χ3v) is 2.47. The first kappa shape index (κ1) is 12.3. The minimum absolute atomic E-state index is 0.169. The molecule has 88 valence electrons. The van der Waals surface area contributed by atoms with Crippen LogP contribution in [-0.4, -0.2) is 47.6 Å². The summed E-state index contributed by atoms with van der Waals surface area (Å²) in [6, 6.07) is -0.831. The normalized spacial score (nSPS) is 22.1. The Hall–Kier alpha value is -0.750. The van der Waals surface area contributed by atoms with Crippen LogP contribution in [0.3, 0.4) is 0 Å². The van der Waals surface area contributed by atoms with Crippen molar-refractivity contribution in [2.45, 2.75) is 31.2 Å². The Morgan fingerprint density at radius 3 is 2.53 bits per heavy atom. The Morgan fingerprint density at radius 1 is 1.47 bits per heavy atom. The van der Waals surface area contributed by atoms with E-state index in [1.165, 1.54) is 0 Å². The maximum Gasteiger partial charge on any atom is 0.320 e. The van der Waals surface area contributed by atoms with Gasteiger partial charge in [-0.1, -0.05) is 6.42 Å². The van der Waals surface area contributed by atoms with E-state index in [9.17, 15) is 13.6 Å². The Balaban J connectivity index is 1.97. The molecule has 1 heterocycles. The average Bonchev–Trinajstić information content (AvgIpc) is 2.08. The van der Waals surface area contributed by atoms with Crippen molar-refractivity contribution in [2.75, 3.05) is 19.6 Å². The van der Waals surface area contributed by atoms with Crippen LogP contribution in [0, 0.1) is 0 Å². The molecule has 3 N–H and O–H groups in total. The van der Waals surface area contributed by atoms with Crippen molar-refractivity contribution in [1.82, 2.24) is 4.90 Å². The molecule has 0 unspecified atom stereocenters. The van der Waals surface area contributed by atoms with Crippen molar-refractivity contribution in [3.05, 3.63) is 0 Å². The lowest BCUT2D eigenvalue weighted by Gasteiger charge is -2.38. The zero-order valence-electron chi connectivity index (χ0n) is 8.46. The number of unbranched alkanes of at least 4 members (excludes halogenated alkanes) is 1. The van der Waals surface area contributed by atoms with Crippen LogP contribution < -0.4 is 5.73 Å². The molecule has 1 atom stereocenters. The first-order valence-corrected chi connectivity index (χ1v) is 4.99. The van der Waals surface area contributed by atoms with Gasteiger partial charge < -0.3 is 10.8 Å². The second-order valence-corrected chi connectivity index (χ2v) is 4.01. The second kappa shape index (κ2) is 4.85. The second-order valence-electron chi connectivity index (χ2n) is 4.01. The van der Waals surface area contributed by atoms with E-state index in [2.05, 4.69) is 0 Å². The monoisotopic (exact) mass is 222 g/mol. The van der Waals surface area contributed by atoms with Gasteiger partial charge in [0.1, 0.15) is 6.04 Å². The SMILES string of the molecule is N[C@@H](CCCCN1CC(F)(F)C1)C(=O)O. The highest BCUT2D eigenvalue weighted by Crippen LogP contribution is 2.26. The summed E-state index contributed by atoms with van der Waals surface area (Å²) in [6.07, 6.45) is 1.78. The highest BCUT2D eigenvalue weighted by atomic mass is 19.3. The smallest absolute Gasteiger partial charge is 0.320 e. The standard InChI is InChI=1S/C9H16F2N2O2/c10-9(11)5-13(6-9)4-2-1-3-7(12)8(14)15/h7H,1-6,12H2,(H,14,15)/t7-/m0/s1. The summed E-state index contributed by atoms with van der Waals surface area (Å²) < 4.78 is 24.8. The molecule has 0 amide bonds. The fourth-order valence-corrected chi connectivity index (χ4v) is 1.59. The number of nitrogens with zero attached hydrogens (tertiary/aromatic N) is 1. The Morgan fingerprint density at radius 2 is 2.07 bits per heavy atom. The number of hydrogen-bond acceptors (Lipinski definition) is 3. The van der Waals surface area contributed by atoms with Gasteiger partial charge in [-0.05, 0) is 19.4 Å². The van der Waals surface area contributed by atoms with Crippen molar-refractivity contribution in [3.8, 4) is 0 Å². The number of carboxylic acid groups (broad SMARTS) is 1. The van der Waals surface area contributed by atoms with Gasteiger partial charge in [0.2, 0.25) is 0 Å². The Bertz CT molecular complexity index is 228. The highest BCUT2D eigenvalue weighted by Gasteiger charge is 2.42. The molecule has 15 heavy (non-hydrogen) atoms. The van der Waals surface area contributed by atoms with Crippen LogP contribution in [0.1, 0.15) is 19.3 Å². The van der Waals surface area contributed by atoms with Gasteiger partial charge in [-0.2, -0.15) is 0 Å². The molecule has 0 bridgehead atoms. The average molecular weight is 222 g/mol. The van der Waals surface area contributed by atoms with Crippen LogP contribution in [0.15, 0.2) is 0 Å². The van der Waals surface area contributed by atoms with E-state index in [1.807, 2.05) is 0 Å². The fraction of sp³-hybridized carbons (Fsp3) is 0.889. The molecule has 1 saturated heterocycles. The van der Waals surface area contributed by atoms with Crippen molar-refractivity contribution < 1.29 is 18.7 Å². The number of carboxylic acids is 1. The topological polar surface area (TPSA) is 66.6 Å². The van der Waals surface area contributed by atoms with Crippen molar-refractivity contribution in [2.24, 2.45) is 5.73 Å². The number of halogens is 2. The largest absolute Gasteiger partial charge is 0.480 e. The molecular weight excluding hydrogens is 206 g/mol. The van der Waals surface area contributed by atoms with Crippen LogP contribution in [-0.2, 0) is 4.79 Å². The molecule has 0 aromatic rings. The molecule has 6 heteroatoms. The van der Waals surface area contributed by atoms with E-state index in [0.29, 0.717) is 19.4 Å². The number of aliphatic carboxylic acids is 1. The molecule has 0 spiro atoms. The maximum atomic E-state index is 12.4. The van der Waals surface area contributed by atoms with Crippen LogP contribution in [0.5, 0.6) is 0 Å². The minimum Gasteiger partial charge on any atom is -0.480 e. The van der Waals surface area contributed by atoms with Gasteiger partial charge in [0.15, 0.2) is 0 Å². The third kappa shape index (κ3) is 4.09. The van der Waals surface area contributed by atoms with E-state index in [-0.39, 0.29) is 13.1 Å². The van der Waals surface area contributed by atoms with Crippen molar-refractivity contribution >= 4 is 5.97 Å². The van der Waals surface area contributed by atoms with E-state index in [0.717, 1.165) is 6.42 Å². The molecule has 1 rings (SSSR count). The summed E-state index contributed by atoms with van der Waals surface area (Å²) in [5.41, 5.74) is 5.29. The zero-order valence-corrected chi connectivity index (χ0v) is 8.46. The summed E-state index contributed by atoms with van der Waals surface area (Å²) in [4.78, 5) is 12.0.